The van der Waals surface area contributed by atoms with E-state index < -0.39 is 0 Å². The van der Waals surface area contributed by atoms with Crippen LogP contribution in [-0.4, -0.2) is 4.98 Å². The molecule has 2 rings (SSSR count). The summed E-state index contributed by atoms with van der Waals surface area (Å²) in [4.78, 5) is 5.88. The highest BCUT2D eigenvalue weighted by Crippen LogP contribution is 2.26. The molecular weight excluding hydrogens is 332 g/mol. The van der Waals surface area contributed by atoms with Gasteiger partial charge >= 0.3 is 0 Å². The quantitative estimate of drug-likeness (QED) is 0.765. The molecule has 0 amide bonds. The van der Waals surface area contributed by atoms with Gasteiger partial charge in [-0.3, -0.25) is 0 Å². The lowest BCUT2D eigenvalue weighted by molar-refractivity contribution is 0.455. The van der Waals surface area contributed by atoms with Crippen molar-refractivity contribution in [2.45, 2.75) is 45.7 Å². The highest BCUT2D eigenvalue weighted by Gasteiger charge is 2.16. The van der Waals surface area contributed by atoms with E-state index in [9.17, 15) is 0 Å². The van der Waals surface area contributed by atoms with E-state index in [4.69, 9.17) is 0 Å². The number of aromatic nitrogens is 1. The Bertz CT molecular complexity index is 536. The van der Waals surface area contributed by atoms with E-state index in [1.807, 2.05) is 17.5 Å². The Morgan fingerprint density at radius 1 is 1.25 bits per heavy atom. The average molecular weight is 353 g/mol. The molecule has 2 aromatic rings. The van der Waals surface area contributed by atoms with Crippen molar-refractivity contribution in [2.75, 3.05) is 0 Å². The number of aryl methyl sites for hydroxylation is 1. The van der Waals surface area contributed by atoms with Gasteiger partial charge in [0.1, 0.15) is 5.01 Å². The summed E-state index contributed by atoms with van der Waals surface area (Å²) in [5.74, 6) is 0. The summed E-state index contributed by atoms with van der Waals surface area (Å²) < 4.78 is 1.12. The van der Waals surface area contributed by atoms with Crippen molar-refractivity contribution < 1.29 is 0 Å². The van der Waals surface area contributed by atoms with E-state index in [0.29, 0.717) is 6.04 Å². The SMILES string of the molecule is CCc1cnc(C(C)NC(CC)c2ccc(Br)cc2)s1. The molecule has 0 aliphatic carbocycles. The van der Waals surface area contributed by atoms with Gasteiger partial charge in [0.25, 0.3) is 0 Å². The molecule has 0 bridgehead atoms. The minimum absolute atomic E-state index is 0.286. The zero-order valence-corrected chi connectivity index (χ0v) is 14.6. The predicted octanol–water partition coefficient (Wildman–Crippen LogP) is 5.27. The van der Waals surface area contributed by atoms with Gasteiger partial charge in [-0.25, -0.2) is 4.98 Å². The molecule has 2 unspecified atom stereocenters. The van der Waals surface area contributed by atoms with Crippen LogP contribution in [0.15, 0.2) is 34.9 Å². The third kappa shape index (κ3) is 3.90. The molecule has 0 spiro atoms. The topological polar surface area (TPSA) is 24.9 Å². The Hall–Kier alpha value is -0.710. The zero-order chi connectivity index (χ0) is 14.5. The van der Waals surface area contributed by atoms with Gasteiger partial charge in [0, 0.05) is 21.6 Å². The first kappa shape index (κ1) is 15.7. The van der Waals surface area contributed by atoms with Crippen LogP contribution in [0, 0.1) is 0 Å². The van der Waals surface area contributed by atoms with Gasteiger partial charge in [0.05, 0.1) is 6.04 Å². The number of rotatable bonds is 6. The number of hydrogen-bond donors (Lipinski definition) is 1. The minimum atomic E-state index is 0.286. The van der Waals surface area contributed by atoms with Crippen LogP contribution in [-0.2, 0) is 6.42 Å². The predicted molar refractivity (Wildman–Crippen MR) is 90.2 cm³/mol. The van der Waals surface area contributed by atoms with Crippen molar-refractivity contribution in [3.8, 4) is 0 Å². The second kappa shape index (κ2) is 7.34. The molecule has 0 saturated heterocycles. The van der Waals surface area contributed by atoms with Gasteiger partial charge in [0.15, 0.2) is 0 Å². The number of halogens is 1. The first-order valence-electron chi connectivity index (χ1n) is 7.10. The molecule has 1 aromatic heterocycles. The molecule has 1 heterocycles. The molecular formula is C16H21BrN2S. The molecule has 0 fully saturated rings. The number of nitrogens with zero attached hydrogens (tertiary/aromatic N) is 1. The largest absolute Gasteiger partial charge is 0.301 e. The van der Waals surface area contributed by atoms with Crippen molar-refractivity contribution in [3.63, 3.8) is 0 Å². The van der Waals surface area contributed by atoms with Crippen molar-refractivity contribution in [1.29, 1.82) is 0 Å². The van der Waals surface area contributed by atoms with Gasteiger partial charge in [-0.2, -0.15) is 0 Å². The second-order valence-corrected chi connectivity index (χ2v) is 6.98. The summed E-state index contributed by atoms with van der Waals surface area (Å²) in [7, 11) is 0. The molecule has 1 aromatic carbocycles. The number of nitrogens with one attached hydrogen (secondary N) is 1. The fourth-order valence-electron chi connectivity index (χ4n) is 2.20. The summed E-state index contributed by atoms with van der Waals surface area (Å²) in [6, 6.07) is 9.21. The zero-order valence-electron chi connectivity index (χ0n) is 12.2. The lowest BCUT2D eigenvalue weighted by Crippen LogP contribution is -2.24. The third-order valence-electron chi connectivity index (χ3n) is 3.42. The molecule has 1 N–H and O–H groups in total. The van der Waals surface area contributed by atoms with E-state index in [0.717, 1.165) is 17.3 Å². The fraction of sp³-hybridized carbons (Fsp3) is 0.438. The van der Waals surface area contributed by atoms with E-state index in [2.05, 4.69) is 71.3 Å². The number of benzene rings is 1. The van der Waals surface area contributed by atoms with Gasteiger partial charge < -0.3 is 5.32 Å². The van der Waals surface area contributed by atoms with Gasteiger partial charge in [0.2, 0.25) is 0 Å². The molecule has 2 nitrogen and oxygen atoms in total. The maximum atomic E-state index is 4.53. The number of thiazole rings is 1. The first-order chi connectivity index (χ1) is 9.63. The summed E-state index contributed by atoms with van der Waals surface area (Å²) in [5, 5.41) is 4.87. The standard InChI is InChI=1S/C16H21BrN2S/c1-4-14-10-18-16(20-14)11(3)19-15(5-2)12-6-8-13(17)9-7-12/h6-11,15,19H,4-5H2,1-3H3. The van der Waals surface area contributed by atoms with Crippen molar-refractivity contribution in [1.82, 2.24) is 10.3 Å². The van der Waals surface area contributed by atoms with E-state index >= 15 is 0 Å². The summed E-state index contributed by atoms with van der Waals surface area (Å²) in [5.41, 5.74) is 1.33. The highest BCUT2D eigenvalue weighted by molar-refractivity contribution is 9.10. The maximum absolute atomic E-state index is 4.53. The Labute approximate surface area is 133 Å². The highest BCUT2D eigenvalue weighted by atomic mass is 79.9. The van der Waals surface area contributed by atoms with E-state index in [-0.39, 0.29) is 6.04 Å². The molecule has 108 valence electrons. The van der Waals surface area contributed by atoms with Crippen LogP contribution in [0.5, 0.6) is 0 Å². The first-order valence-corrected chi connectivity index (χ1v) is 8.71. The van der Waals surface area contributed by atoms with Crippen LogP contribution < -0.4 is 5.32 Å². The maximum Gasteiger partial charge on any atom is 0.109 e. The molecule has 4 heteroatoms. The van der Waals surface area contributed by atoms with Crippen LogP contribution in [0.1, 0.15) is 54.7 Å². The summed E-state index contributed by atoms with van der Waals surface area (Å²) in [6.45, 7) is 6.58. The molecule has 20 heavy (non-hydrogen) atoms. The summed E-state index contributed by atoms with van der Waals surface area (Å²) >= 11 is 5.30. The Morgan fingerprint density at radius 3 is 2.50 bits per heavy atom. The van der Waals surface area contributed by atoms with Crippen molar-refractivity contribution >= 4 is 27.3 Å². The smallest absolute Gasteiger partial charge is 0.109 e. The normalized spacial score (nSPS) is 14.2. The van der Waals surface area contributed by atoms with Crippen molar-refractivity contribution in [3.05, 3.63) is 50.4 Å². The second-order valence-electron chi connectivity index (χ2n) is 4.92. The van der Waals surface area contributed by atoms with Crippen LogP contribution >= 0.6 is 27.3 Å². The molecule has 0 aliphatic heterocycles. The monoisotopic (exact) mass is 352 g/mol. The molecule has 0 saturated carbocycles. The van der Waals surface area contributed by atoms with E-state index in [1.165, 1.54) is 15.4 Å². The van der Waals surface area contributed by atoms with Crippen LogP contribution in [0.4, 0.5) is 0 Å². The lowest BCUT2D eigenvalue weighted by Gasteiger charge is -2.21. The molecule has 0 aliphatic rings. The van der Waals surface area contributed by atoms with Gasteiger partial charge in [-0.15, -0.1) is 11.3 Å². The third-order valence-corrected chi connectivity index (χ3v) is 5.28. The number of hydrogen-bond acceptors (Lipinski definition) is 3. The Kier molecular flexibility index (Phi) is 5.75. The lowest BCUT2D eigenvalue weighted by atomic mass is 10.0. The average Bonchev–Trinajstić information content (AvgIpc) is 2.94. The molecule has 2 atom stereocenters. The summed E-state index contributed by atoms with van der Waals surface area (Å²) in [6.07, 6.45) is 4.13. The Balaban J connectivity index is 2.07. The van der Waals surface area contributed by atoms with Crippen LogP contribution in [0.2, 0.25) is 0 Å². The van der Waals surface area contributed by atoms with Crippen LogP contribution in [0.3, 0.4) is 0 Å². The Morgan fingerprint density at radius 2 is 1.95 bits per heavy atom. The minimum Gasteiger partial charge on any atom is -0.301 e. The van der Waals surface area contributed by atoms with Gasteiger partial charge in [-0.1, -0.05) is 41.9 Å². The van der Waals surface area contributed by atoms with E-state index in [1.54, 1.807) is 0 Å². The fourth-order valence-corrected chi connectivity index (χ4v) is 3.34. The van der Waals surface area contributed by atoms with Crippen molar-refractivity contribution in [2.24, 2.45) is 0 Å². The molecule has 0 radical (unpaired) electrons. The van der Waals surface area contributed by atoms with Gasteiger partial charge in [-0.05, 0) is 37.5 Å². The van der Waals surface area contributed by atoms with Crippen LogP contribution in [0.25, 0.3) is 0 Å².